The number of benzene rings is 3. The Balaban J connectivity index is 1.28. The van der Waals surface area contributed by atoms with Gasteiger partial charge in [-0.05, 0) is 36.9 Å². The van der Waals surface area contributed by atoms with Crippen LogP contribution in [-0.2, 0) is 17.9 Å². The average molecular weight is 596 g/mol. The van der Waals surface area contributed by atoms with Gasteiger partial charge in [-0.1, -0.05) is 47.7 Å². The maximum Gasteiger partial charge on any atom is 0.293 e. The molecule has 0 unspecified atom stereocenters. The van der Waals surface area contributed by atoms with Crippen LogP contribution >= 0.6 is 11.8 Å². The summed E-state index contributed by atoms with van der Waals surface area (Å²) < 4.78 is 3.44. The van der Waals surface area contributed by atoms with E-state index < -0.39 is 21.0 Å². The summed E-state index contributed by atoms with van der Waals surface area (Å²) in [5.41, 5.74) is 3.26. The third-order valence-electron chi connectivity index (χ3n) is 7.09. The van der Waals surface area contributed by atoms with E-state index in [1.165, 1.54) is 28.9 Å². The molecule has 2 aromatic heterocycles. The SMILES string of the molecule is Cc1c(-n2cc(Cn3cc(/C=C4\SC(=O)N(Cc5ccccc5[N+](=O)[O-])C4=O)c4ccccc43)nn2)cccc1[N+](=O)[O-]. The van der Waals surface area contributed by atoms with Gasteiger partial charge in [0, 0.05) is 40.4 Å². The maximum absolute atomic E-state index is 13.2. The highest BCUT2D eigenvalue weighted by molar-refractivity contribution is 8.18. The highest BCUT2D eigenvalue weighted by atomic mass is 32.2. The molecule has 1 aliphatic rings. The molecule has 0 radical (unpaired) electrons. The van der Waals surface area contributed by atoms with Gasteiger partial charge in [-0.15, -0.1) is 5.10 Å². The number of hydrogen-bond donors (Lipinski definition) is 0. The Morgan fingerprint density at radius 2 is 1.60 bits per heavy atom. The van der Waals surface area contributed by atoms with E-state index in [-0.39, 0.29) is 28.4 Å². The number of amides is 2. The van der Waals surface area contributed by atoms with Gasteiger partial charge in [0.25, 0.3) is 22.5 Å². The summed E-state index contributed by atoms with van der Waals surface area (Å²) in [6, 6.07) is 18.3. The standard InChI is InChI=1S/C29H21N7O6S/c1-18-23(11-6-12-24(18)35(39)40)34-17-21(30-31-34)16-32-14-20(22-8-3-5-10-26(22)32)13-27-28(37)33(29(38)43-27)15-19-7-2-4-9-25(19)36(41)42/h2-14,17H,15-16H2,1H3/b27-13-. The number of carbonyl (C=O) groups is 2. The molecule has 0 N–H and O–H groups in total. The number of imide groups is 1. The molecule has 1 fully saturated rings. The van der Waals surface area contributed by atoms with Crippen molar-refractivity contribution in [1.82, 2.24) is 24.5 Å². The fraction of sp³-hybridized carbons (Fsp3) is 0.103. The minimum Gasteiger partial charge on any atom is -0.341 e. The topological polar surface area (TPSA) is 159 Å². The summed E-state index contributed by atoms with van der Waals surface area (Å²) in [6.07, 6.45) is 5.19. The summed E-state index contributed by atoms with van der Waals surface area (Å²) in [7, 11) is 0. The molecule has 0 spiro atoms. The van der Waals surface area contributed by atoms with Gasteiger partial charge in [-0.3, -0.25) is 34.7 Å². The lowest BCUT2D eigenvalue weighted by Crippen LogP contribution is -2.27. The number of nitrogens with zero attached hydrogens (tertiary/aromatic N) is 7. The van der Waals surface area contributed by atoms with E-state index in [9.17, 15) is 29.8 Å². The van der Waals surface area contributed by atoms with Crippen LogP contribution in [0.1, 0.15) is 22.4 Å². The Morgan fingerprint density at radius 1 is 0.884 bits per heavy atom. The number of aromatic nitrogens is 4. The Kier molecular flexibility index (Phi) is 7.03. The molecule has 6 rings (SSSR count). The third-order valence-corrected chi connectivity index (χ3v) is 8.00. The zero-order valence-corrected chi connectivity index (χ0v) is 23.3. The van der Waals surface area contributed by atoms with Crippen LogP contribution in [-0.4, -0.2) is 45.5 Å². The normalized spacial score (nSPS) is 14.3. The molecule has 13 nitrogen and oxygen atoms in total. The lowest BCUT2D eigenvalue weighted by Gasteiger charge is -2.12. The first-order chi connectivity index (χ1) is 20.7. The number of para-hydroxylation sites is 2. The van der Waals surface area contributed by atoms with Crippen molar-refractivity contribution in [2.75, 3.05) is 0 Å². The Hall–Kier alpha value is -5.63. The van der Waals surface area contributed by atoms with Crippen LogP contribution in [0.2, 0.25) is 0 Å². The highest BCUT2D eigenvalue weighted by Crippen LogP contribution is 2.36. The zero-order chi connectivity index (χ0) is 30.2. The Bertz CT molecular complexity index is 2000. The van der Waals surface area contributed by atoms with E-state index in [2.05, 4.69) is 10.3 Å². The number of carbonyl (C=O) groups excluding carboxylic acids is 2. The molecule has 214 valence electrons. The quantitative estimate of drug-likeness (QED) is 0.126. The number of thioether (sulfide) groups is 1. The number of nitro benzene ring substituents is 2. The fourth-order valence-corrected chi connectivity index (χ4v) is 5.84. The Labute approximate surface area is 247 Å². The van der Waals surface area contributed by atoms with E-state index in [1.54, 1.807) is 37.4 Å². The molecule has 0 atom stereocenters. The molecule has 3 heterocycles. The van der Waals surface area contributed by atoms with Gasteiger partial charge in [0.05, 0.1) is 45.3 Å². The molecule has 1 aliphatic heterocycles. The van der Waals surface area contributed by atoms with Crippen molar-refractivity contribution in [3.63, 3.8) is 0 Å². The number of rotatable bonds is 8. The van der Waals surface area contributed by atoms with Gasteiger partial charge >= 0.3 is 0 Å². The summed E-state index contributed by atoms with van der Waals surface area (Å²) in [6.45, 7) is 1.77. The number of fused-ring (bicyclic) bond motifs is 1. The first-order valence-corrected chi connectivity index (χ1v) is 13.7. The second kappa shape index (κ2) is 11.0. The minimum atomic E-state index is -0.539. The molecule has 0 aliphatic carbocycles. The largest absolute Gasteiger partial charge is 0.341 e. The molecule has 2 amide bonds. The number of hydrogen-bond acceptors (Lipinski definition) is 9. The van der Waals surface area contributed by atoms with E-state index in [0.717, 1.165) is 27.6 Å². The van der Waals surface area contributed by atoms with Gasteiger partial charge in [0.15, 0.2) is 0 Å². The van der Waals surface area contributed by atoms with Gasteiger partial charge < -0.3 is 4.57 Å². The van der Waals surface area contributed by atoms with E-state index in [1.807, 2.05) is 35.0 Å². The molecule has 1 saturated heterocycles. The summed E-state index contributed by atoms with van der Waals surface area (Å²) in [4.78, 5) is 49.0. The second-order valence-corrected chi connectivity index (χ2v) is 10.7. The van der Waals surface area contributed by atoms with Crippen molar-refractivity contribution in [1.29, 1.82) is 0 Å². The van der Waals surface area contributed by atoms with Crippen LogP contribution < -0.4 is 0 Å². The third kappa shape index (κ3) is 5.15. The molecular weight excluding hydrogens is 574 g/mol. The monoisotopic (exact) mass is 595 g/mol. The van der Waals surface area contributed by atoms with Gasteiger partial charge in [0.2, 0.25) is 0 Å². The van der Waals surface area contributed by atoms with Crippen molar-refractivity contribution in [2.24, 2.45) is 0 Å². The lowest BCUT2D eigenvalue weighted by molar-refractivity contribution is -0.385. The minimum absolute atomic E-state index is 0.0120. The fourth-order valence-electron chi connectivity index (χ4n) is 5.01. The molecule has 0 saturated carbocycles. The van der Waals surface area contributed by atoms with Crippen molar-refractivity contribution < 1.29 is 19.4 Å². The second-order valence-electron chi connectivity index (χ2n) is 9.72. The van der Waals surface area contributed by atoms with Crippen molar-refractivity contribution in [3.8, 4) is 5.69 Å². The van der Waals surface area contributed by atoms with E-state index >= 15 is 0 Å². The predicted molar refractivity (Wildman–Crippen MR) is 158 cm³/mol. The summed E-state index contributed by atoms with van der Waals surface area (Å²) in [5, 5.41) is 31.6. The smallest absolute Gasteiger partial charge is 0.293 e. The molecule has 0 bridgehead atoms. The lowest BCUT2D eigenvalue weighted by atomic mass is 10.1. The highest BCUT2D eigenvalue weighted by Gasteiger charge is 2.36. The van der Waals surface area contributed by atoms with Crippen molar-refractivity contribution >= 4 is 51.3 Å². The van der Waals surface area contributed by atoms with Crippen LogP contribution in [0, 0.1) is 27.2 Å². The first kappa shape index (κ1) is 27.5. The predicted octanol–water partition coefficient (Wildman–Crippen LogP) is 5.63. The Morgan fingerprint density at radius 3 is 2.40 bits per heavy atom. The summed E-state index contributed by atoms with van der Waals surface area (Å²) >= 11 is 0.783. The molecule has 3 aromatic carbocycles. The van der Waals surface area contributed by atoms with Crippen LogP contribution in [0.3, 0.4) is 0 Å². The van der Waals surface area contributed by atoms with Gasteiger partial charge in [-0.25, -0.2) is 4.68 Å². The van der Waals surface area contributed by atoms with Crippen LogP contribution in [0.25, 0.3) is 22.7 Å². The molecule has 14 heteroatoms. The number of nitro groups is 2. The van der Waals surface area contributed by atoms with Crippen LogP contribution in [0.15, 0.2) is 84.0 Å². The molecular formula is C29H21N7O6S. The summed E-state index contributed by atoms with van der Waals surface area (Å²) in [5.74, 6) is -0.528. The molecule has 43 heavy (non-hydrogen) atoms. The molecule has 5 aromatic rings. The maximum atomic E-state index is 13.2. The van der Waals surface area contributed by atoms with Crippen molar-refractivity contribution in [2.45, 2.75) is 20.0 Å². The van der Waals surface area contributed by atoms with Crippen LogP contribution in [0.4, 0.5) is 16.2 Å². The average Bonchev–Trinajstić information content (AvgIpc) is 3.66. The van der Waals surface area contributed by atoms with Crippen molar-refractivity contribution in [3.05, 3.63) is 127 Å². The van der Waals surface area contributed by atoms with Crippen LogP contribution in [0.5, 0.6) is 0 Å². The van der Waals surface area contributed by atoms with Gasteiger partial charge in [0.1, 0.15) is 5.69 Å². The zero-order valence-electron chi connectivity index (χ0n) is 22.5. The van der Waals surface area contributed by atoms with E-state index in [4.69, 9.17) is 0 Å². The van der Waals surface area contributed by atoms with E-state index in [0.29, 0.717) is 29.1 Å². The first-order valence-electron chi connectivity index (χ1n) is 12.9. The van der Waals surface area contributed by atoms with Gasteiger partial charge in [-0.2, -0.15) is 0 Å².